The van der Waals surface area contributed by atoms with Crippen LogP contribution < -0.4 is 0 Å². The van der Waals surface area contributed by atoms with E-state index < -0.39 is 0 Å². The SMILES string of the molecule is C/C=C\C1=C(C)C(CN2CCCCC2)CCC1. The zero-order chi connectivity index (χ0) is 12.1. The standard InChI is InChI=1S/C16H27N/c1-3-8-15-9-7-10-16(14(15)2)13-17-11-5-4-6-12-17/h3,8,16H,4-7,9-13H2,1-2H3/b8-3-. The van der Waals surface area contributed by atoms with Gasteiger partial charge in [-0.05, 0) is 70.5 Å². The van der Waals surface area contributed by atoms with E-state index in [1.54, 1.807) is 11.1 Å². The summed E-state index contributed by atoms with van der Waals surface area (Å²) in [6, 6.07) is 0. The molecule has 1 atom stereocenters. The first kappa shape index (κ1) is 12.9. The van der Waals surface area contributed by atoms with E-state index in [0.717, 1.165) is 5.92 Å². The molecule has 1 nitrogen and oxygen atoms in total. The van der Waals surface area contributed by atoms with Crippen LogP contribution >= 0.6 is 0 Å². The molecule has 1 fully saturated rings. The summed E-state index contributed by atoms with van der Waals surface area (Å²) in [5, 5.41) is 0. The summed E-state index contributed by atoms with van der Waals surface area (Å²) in [5.74, 6) is 0.827. The molecule has 2 aliphatic rings. The average molecular weight is 233 g/mol. The van der Waals surface area contributed by atoms with Gasteiger partial charge < -0.3 is 4.90 Å². The van der Waals surface area contributed by atoms with Crippen LogP contribution in [0.1, 0.15) is 52.4 Å². The zero-order valence-electron chi connectivity index (χ0n) is 11.5. The van der Waals surface area contributed by atoms with Crippen LogP contribution in [-0.2, 0) is 0 Å². The second-order valence-electron chi connectivity index (χ2n) is 5.66. The Bertz CT molecular complexity index is 295. The van der Waals surface area contributed by atoms with Crippen molar-refractivity contribution < 1.29 is 0 Å². The molecule has 1 saturated heterocycles. The summed E-state index contributed by atoms with van der Waals surface area (Å²) >= 11 is 0. The molecule has 1 aliphatic heterocycles. The molecular weight excluding hydrogens is 206 g/mol. The fraction of sp³-hybridized carbons (Fsp3) is 0.750. The van der Waals surface area contributed by atoms with Gasteiger partial charge in [-0.3, -0.25) is 0 Å². The fourth-order valence-corrected chi connectivity index (χ4v) is 3.31. The van der Waals surface area contributed by atoms with Crippen LogP contribution in [0, 0.1) is 5.92 Å². The third kappa shape index (κ3) is 3.45. The minimum absolute atomic E-state index is 0.827. The number of likely N-dealkylation sites (tertiary alicyclic amines) is 1. The van der Waals surface area contributed by atoms with E-state index in [4.69, 9.17) is 0 Å². The second kappa shape index (κ2) is 6.39. The van der Waals surface area contributed by atoms with Crippen LogP contribution in [0.4, 0.5) is 0 Å². The van der Waals surface area contributed by atoms with Crippen molar-refractivity contribution in [2.45, 2.75) is 52.4 Å². The van der Waals surface area contributed by atoms with Crippen LogP contribution in [-0.4, -0.2) is 24.5 Å². The molecule has 1 aliphatic carbocycles. The third-order valence-electron chi connectivity index (χ3n) is 4.41. The quantitative estimate of drug-likeness (QED) is 0.707. The maximum absolute atomic E-state index is 2.69. The molecular formula is C16H27N. The average Bonchev–Trinajstić information content (AvgIpc) is 2.36. The van der Waals surface area contributed by atoms with Gasteiger partial charge in [0.25, 0.3) is 0 Å². The summed E-state index contributed by atoms with van der Waals surface area (Å²) in [6.45, 7) is 8.48. The van der Waals surface area contributed by atoms with Gasteiger partial charge in [0.2, 0.25) is 0 Å². The minimum Gasteiger partial charge on any atom is -0.303 e. The van der Waals surface area contributed by atoms with Gasteiger partial charge in [-0.15, -0.1) is 0 Å². The number of hydrogen-bond donors (Lipinski definition) is 0. The highest BCUT2D eigenvalue weighted by Crippen LogP contribution is 2.31. The monoisotopic (exact) mass is 233 g/mol. The van der Waals surface area contributed by atoms with Crippen LogP contribution in [0.25, 0.3) is 0 Å². The van der Waals surface area contributed by atoms with Crippen molar-refractivity contribution in [1.29, 1.82) is 0 Å². The zero-order valence-corrected chi connectivity index (χ0v) is 11.5. The van der Waals surface area contributed by atoms with Crippen molar-refractivity contribution in [3.05, 3.63) is 23.3 Å². The lowest BCUT2D eigenvalue weighted by atomic mass is 9.83. The first-order chi connectivity index (χ1) is 8.31. The summed E-state index contributed by atoms with van der Waals surface area (Å²) in [4.78, 5) is 2.69. The fourth-order valence-electron chi connectivity index (χ4n) is 3.31. The molecule has 1 unspecified atom stereocenters. The molecule has 0 radical (unpaired) electrons. The maximum atomic E-state index is 2.69. The highest BCUT2D eigenvalue weighted by atomic mass is 15.1. The van der Waals surface area contributed by atoms with Gasteiger partial charge in [-0.2, -0.15) is 0 Å². The number of nitrogens with zero attached hydrogens (tertiary/aromatic N) is 1. The summed E-state index contributed by atoms with van der Waals surface area (Å²) in [5.41, 5.74) is 3.28. The number of allylic oxidation sites excluding steroid dienone is 3. The lowest BCUT2D eigenvalue weighted by Crippen LogP contribution is -2.35. The highest BCUT2D eigenvalue weighted by Gasteiger charge is 2.22. The van der Waals surface area contributed by atoms with Crippen LogP contribution in [0.5, 0.6) is 0 Å². The lowest BCUT2D eigenvalue weighted by Gasteiger charge is -2.33. The van der Waals surface area contributed by atoms with Crippen molar-refractivity contribution in [2.75, 3.05) is 19.6 Å². The minimum atomic E-state index is 0.827. The van der Waals surface area contributed by atoms with Gasteiger partial charge in [-0.25, -0.2) is 0 Å². The molecule has 0 N–H and O–H groups in total. The van der Waals surface area contributed by atoms with Crippen LogP contribution in [0.3, 0.4) is 0 Å². The van der Waals surface area contributed by atoms with E-state index in [-0.39, 0.29) is 0 Å². The first-order valence-corrected chi connectivity index (χ1v) is 7.36. The first-order valence-electron chi connectivity index (χ1n) is 7.36. The predicted molar refractivity (Wildman–Crippen MR) is 75.1 cm³/mol. The Kier molecular flexibility index (Phi) is 4.85. The molecule has 0 aromatic rings. The van der Waals surface area contributed by atoms with Crippen molar-refractivity contribution in [3.8, 4) is 0 Å². The third-order valence-corrected chi connectivity index (χ3v) is 4.41. The molecule has 17 heavy (non-hydrogen) atoms. The lowest BCUT2D eigenvalue weighted by molar-refractivity contribution is 0.198. The molecule has 0 bridgehead atoms. The van der Waals surface area contributed by atoms with Crippen molar-refractivity contribution >= 4 is 0 Å². The molecule has 0 aromatic heterocycles. The Hall–Kier alpha value is -0.560. The number of rotatable bonds is 3. The summed E-state index contributed by atoms with van der Waals surface area (Å²) in [6.07, 6.45) is 12.9. The van der Waals surface area contributed by atoms with E-state index in [2.05, 4.69) is 30.9 Å². The Morgan fingerprint density at radius 3 is 2.65 bits per heavy atom. The van der Waals surface area contributed by atoms with Crippen molar-refractivity contribution in [1.82, 2.24) is 4.90 Å². The molecule has 0 amide bonds. The van der Waals surface area contributed by atoms with Gasteiger partial charge in [0.05, 0.1) is 0 Å². The Labute approximate surface area is 107 Å². The highest BCUT2D eigenvalue weighted by molar-refractivity contribution is 5.28. The smallest absolute Gasteiger partial charge is 0.00471 e. The van der Waals surface area contributed by atoms with Crippen LogP contribution in [0.2, 0.25) is 0 Å². The van der Waals surface area contributed by atoms with Gasteiger partial charge >= 0.3 is 0 Å². The van der Waals surface area contributed by atoms with Gasteiger partial charge in [-0.1, -0.05) is 24.1 Å². The normalized spacial score (nSPS) is 28.0. The van der Waals surface area contributed by atoms with Gasteiger partial charge in [0.15, 0.2) is 0 Å². The predicted octanol–water partition coefficient (Wildman–Crippen LogP) is 4.17. The van der Waals surface area contributed by atoms with Crippen molar-refractivity contribution in [2.24, 2.45) is 5.92 Å². The largest absolute Gasteiger partial charge is 0.303 e. The molecule has 96 valence electrons. The van der Waals surface area contributed by atoms with E-state index in [1.165, 1.54) is 58.2 Å². The van der Waals surface area contributed by atoms with Gasteiger partial charge in [0.1, 0.15) is 0 Å². The van der Waals surface area contributed by atoms with E-state index >= 15 is 0 Å². The Balaban J connectivity index is 1.97. The van der Waals surface area contributed by atoms with Crippen LogP contribution in [0.15, 0.2) is 23.3 Å². The van der Waals surface area contributed by atoms with E-state index in [9.17, 15) is 0 Å². The summed E-state index contributed by atoms with van der Waals surface area (Å²) in [7, 11) is 0. The van der Waals surface area contributed by atoms with Crippen molar-refractivity contribution in [3.63, 3.8) is 0 Å². The molecule has 1 heterocycles. The maximum Gasteiger partial charge on any atom is 0.00471 e. The molecule has 0 spiro atoms. The molecule has 0 saturated carbocycles. The van der Waals surface area contributed by atoms with E-state index in [1.807, 2.05) is 0 Å². The van der Waals surface area contributed by atoms with E-state index in [0.29, 0.717) is 0 Å². The number of piperidine rings is 1. The number of hydrogen-bond acceptors (Lipinski definition) is 1. The molecule has 2 rings (SSSR count). The topological polar surface area (TPSA) is 3.24 Å². The second-order valence-corrected chi connectivity index (χ2v) is 5.66. The molecule has 1 heteroatoms. The summed E-state index contributed by atoms with van der Waals surface area (Å²) < 4.78 is 0. The Morgan fingerprint density at radius 1 is 1.18 bits per heavy atom. The Morgan fingerprint density at radius 2 is 1.94 bits per heavy atom. The molecule has 0 aromatic carbocycles. The van der Waals surface area contributed by atoms with Gasteiger partial charge in [0, 0.05) is 6.54 Å².